The molecule has 0 aliphatic carbocycles. The van der Waals surface area contributed by atoms with E-state index in [1.165, 1.54) is 24.3 Å². The highest BCUT2D eigenvalue weighted by molar-refractivity contribution is 7.86. The minimum atomic E-state index is -1.93. The van der Waals surface area contributed by atoms with Crippen LogP contribution >= 0.6 is 0 Å². The Balaban J connectivity index is 3.09. The summed E-state index contributed by atoms with van der Waals surface area (Å²) in [4.78, 5) is 21.3. The average molecular weight is 285 g/mol. The van der Waals surface area contributed by atoms with Crippen LogP contribution in [0.4, 0.5) is 5.69 Å². The normalized spacial score (nSPS) is 13.7. The van der Waals surface area contributed by atoms with Gasteiger partial charge in [-0.1, -0.05) is 31.9 Å². The van der Waals surface area contributed by atoms with E-state index in [0.717, 1.165) is 6.42 Å². The number of carboxylic acids is 1. The smallest absolute Gasteiger partial charge is 0.319 e. The number of carbonyl (C=O) groups is 1. The van der Waals surface area contributed by atoms with Gasteiger partial charge in [-0.15, -0.1) is 0 Å². The first-order valence-corrected chi connectivity index (χ1v) is 7.07. The molecule has 0 fully saturated rings. The van der Waals surface area contributed by atoms with Crippen molar-refractivity contribution >= 4 is 22.5 Å². The van der Waals surface area contributed by atoms with Crippen LogP contribution in [-0.4, -0.2) is 25.5 Å². The molecule has 104 valence electrons. The van der Waals surface area contributed by atoms with E-state index >= 15 is 0 Å². The summed E-state index contributed by atoms with van der Waals surface area (Å²) in [6.45, 7) is 1.90. The van der Waals surface area contributed by atoms with Gasteiger partial charge >= 0.3 is 5.97 Å². The number of nitro groups is 1. The topological polar surface area (TPSA) is 97.5 Å². The second-order valence-electron chi connectivity index (χ2n) is 3.99. The number of carboxylic acid groups (broad SMARTS) is 1. The SMILES string of the molecule is CCCCC(C(=O)O)S(=O)c1ccccc1[N+](=O)[O-]. The first-order valence-electron chi connectivity index (χ1n) is 5.85. The van der Waals surface area contributed by atoms with Crippen molar-refractivity contribution in [2.45, 2.75) is 36.3 Å². The molecular weight excluding hydrogens is 270 g/mol. The molecule has 7 heteroatoms. The maximum Gasteiger partial charge on any atom is 0.319 e. The van der Waals surface area contributed by atoms with Crippen LogP contribution in [0.25, 0.3) is 0 Å². The van der Waals surface area contributed by atoms with E-state index < -0.39 is 26.9 Å². The largest absolute Gasteiger partial charge is 0.480 e. The maximum absolute atomic E-state index is 12.2. The molecule has 0 aliphatic heterocycles. The molecule has 0 aromatic heterocycles. The van der Waals surface area contributed by atoms with Gasteiger partial charge in [0.1, 0.15) is 10.1 Å². The number of aliphatic carboxylic acids is 1. The highest BCUT2D eigenvalue weighted by Crippen LogP contribution is 2.25. The third-order valence-electron chi connectivity index (χ3n) is 2.63. The van der Waals surface area contributed by atoms with Crippen LogP contribution in [0.2, 0.25) is 0 Å². The lowest BCUT2D eigenvalue weighted by Gasteiger charge is -2.11. The number of unbranched alkanes of at least 4 members (excludes halogenated alkanes) is 1. The molecule has 2 unspecified atom stereocenters. The lowest BCUT2D eigenvalue weighted by atomic mass is 10.2. The number of para-hydroxylation sites is 1. The third kappa shape index (κ3) is 3.85. The van der Waals surface area contributed by atoms with E-state index in [2.05, 4.69) is 0 Å². The van der Waals surface area contributed by atoms with Gasteiger partial charge < -0.3 is 5.11 Å². The zero-order valence-electron chi connectivity index (χ0n) is 10.4. The Morgan fingerprint density at radius 3 is 2.63 bits per heavy atom. The molecule has 0 amide bonds. The van der Waals surface area contributed by atoms with E-state index in [9.17, 15) is 19.1 Å². The lowest BCUT2D eigenvalue weighted by Crippen LogP contribution is -2.26. The van der Waals surface area contributed by atoms with Crippen LogP contribution in [0.3, 0.4) is 0 Å². The molecule has 1 N–H and O–H groups in total. The Morgan fingerprint density at radius 1 is 1.47 bits per heavy atom. The zero-order valence-corrected chi connectivity index (χ0v) is 11.3. The van der Waals surface area contributed by atoms with Gasteiger partial charge in [-0.3, -0.25) is 19.1 Å². The Morgan fingerprint density at radius 2 is 2.11 bits per heavy atom. The van der Waals surface area contributed by atoms with Crippen LogP contribution in [0.5, 0.6) is 0 Å². The number of hydrogen-bond acceptors (Lipinski definition) is 4. The lowest BCUT2D eigenvalue weighted by molar-refractivity contribution is -0.387. The first kappa shape index (κ1) is 15.3. The van der Waals surface area contributed by atoms with Crippen molar-refractivity contribution in [3.8, 4) is 0 Å². The van der Waals surface area contributed by atoms with E-state index in [1.807, 2.05) is 6.92 Å². The fourth-order valence-electron chi connectivity index (χ4n) is 1.64. The number of nitrogens with zero attached hydrogens (tertiary/aromatic N) is 1. The van der Waals surface area contributed by atoms with E-state index in [-0.39, 0.29) is 17.0 Å². The van der Waals surface area contributed by atoms with E-state index in [0.29, 0.717) is 6.42 Å². The summed E-state index contributed by atoms with van der Waals surface area (Å²) in [5.41, 5.74) is -0.302. The minimum absolute atomic E-state index is 0.0315. The van der Waals surface area contributed by atoms with Crippen molar-refractivity contribution in [1.82, 2.24) is 0 Å². The molecule has 0 heterocycles. The molecule has 0 spiro atoms. The quantitative estimate of drug-likeness (QED) is 0.612. The minimum Gasteiger partial charge on any atom is -0.480 e. The summed E-state index contributed by atoms with van der Waals surface area (Å²) in [6.07, 6.45) is 1.63. The number of hydrogen-bond donors (Lipinski definition) is 1. The molecule has 1 aromatic rings. The van der Waals surface area contributed by atoms with Crippen molar-refractivity contribution in [3.05, 3.63) is 34.4 Å². The molecule has 6 nitrogen and oxygen atoms in total. The van der Waals surface area contributed by atoms with Crippen LogP contribution < -0.4 is 0 Å². The highest BCUT2D eigenvalue weighted by Gasteiger charge is 2.29. The molecular formula is C12H15NO5S. The molecule has 0 saturated heterocycles. The molecule has 2 atom stereocenters. The number of benzene rings is 1. The Kier molecular flexibility index (Phi) is 5.62. The van der Waals surface area contributed by atoms with E-state index in [4.69, 9.17) is 5.11 Å². The summed E-state index contributed by atoms with van der Waals surface area (Å²) in [6, 6.07) is 5.54. The predicted octanol–water partition coefficient (Wildman–Crippen LogP) is 2.35. The summed E-state index contributed by atoms with van der Waals surface area (Å²) in [5.74, 6) is -1.19. The Hall–Kier alpha value is -1.76. The zero-order chi connectivity index (χ0) is 14.4. The van der Waals surface area contributed by atoms with Crippen LogP contribution in [0.1, 0.15) is 26.2 Å². The van der Waals surface area contributed by atoms with Crippen molar-refractivity contribution in [3.63, 3.8) is 0 Å². The van der Waals surface area contributed by atoms with Gasteiger partial charge in [0.15, 0.2) is 0 Å². The van der Waals surface area contributed by atoms with Gasteiger partial charge in [0.05, 0.1) is 15.7 Å². The maximum atomic E-state index is 12.2. The standard InChI is InChI=1S/C12H15NO5S/c1-2-3-7-11(12(14)15)19(18)10-8-5-4-6-9(10)13(16)17/h4-6,8,11H,2-3,7H2,1H3,(H,14,15). The van der Waals surface area contributed by atoms with Gasteiger partial charge in [-0.2, -0.15) is 0 Å². The molecule has 0 radical (unpaired) electrons. The van der Waals surface area contributed by atoms with Crippen molar-refractivity contribution in [2.75, 3.05) is 0 Å². The Labute approximate surface area is 113 Å². The van der Waals surface area contributed by atoms with Gasteiger partial charge in [-0.05, 0) is 12.5 Å². The first-order chi connectivity index (χ1) is 8.99. The molecule has 0 saturated carbocycles. The Bertz CT molecular complexity index is 503. The molecule has 0 bridgehead atoms. The predicted molar refractivity (Wildman–Crippen MR) is 70.5 cm³/mol. The van der Waals surface area contributed by atoms with Crippen molar-refractivity contribution in [2.24, 2.45) is 0 Å². The second kappa shape index (κ2) is 6.98. The fraction of sp³-hybridized carbons (Fsp3) is 0.417. The van der Waals surface area contributed by atoms with Gasteiger partial charge in [0, 0.05) is 6.07 Å². The molecule has 1 aromatic carbocycles. The second-order valence-corrected chi connectivity index (χ2v) is 5.60. The summed E-state index contributed by atoms with van der Waals surface area (Å²) in [5, 5.41) is 18.8. The van der Waals surface area contributed by atoms with Gasteiger partial charge in [0.2, 0.25) is 0 Å². The highest BCUT2D eigenvalue weighted by atomic mass is 32.2. The van der Waals surface area contributed by atoms with Gasteiger partial charge in [-0.25, -0.2) is 0 Å². The van der Waals surface area contributed by atoms with E-state index in [1.54, 1.807) is 0 Å². The summed E-state index contributed by atoms with van der Waals surface area (Å²) in [7, 11) is -1.93. The monoisotopic (exact) mass is 285 g/mol. The summed E-state index contributed by atoms with van der Waals surface area (Å²) >= 11 is 0. The molecule has 19 heavy (non-hydrogen) atoms. The van der Waals surface area contributed by atoms with Crippen molar-refractivity contribution < 1.29 is 19.0 Å². The number of nitro benzene ring substituents is 1. The van der Waals surface area contributed by atoms with Gasteiger partial charge in [0.25, 0.3) is 5.69 Å². The molecule has 0 aliphatic rings. The third-order valence-corrected chi connectivity index (χ3v) is 4.37. The van der Waals surface area contributed by atoms with Crippen molar-refractivity contribution in [1.29, 1.82) is 0 Å². The molecule has 1 rings (SSSR count). The summed E-state index contributed by atoms with van der Waals surface area (Å²) < 4.78 is 12.2. The average Bonchev–Trinajstić information content (AvgIpc) is 2.38. The van der Waals surface area contributed by atoms with Crippen LogP contribution in [-0.2, 0) is 15.6 Å². The van der Waals surface area contributed by atoms with Crippen LogP contribution in [0.15, 0.2) is 29.2 Å². The number of rotatable bonds is 7. The fourth-order valence-corrected chi connectivity index (χ4v) is 3.07. The van der Waals surface area contributed by atoms with Crippen LogP contribution in [0, 0.1) is 10.1 Å².